The highest BCUT2D eigenvalue weighted by molar-refractivity contribution is 8.03. The van der Waals surface area contributed by atoms with Gasteiger partial charge in [0.2, 0.25) is 5.71 Å². The molecule has 4 aromatic rings. The van der Waals surface area contributed by atoms with Gasteiger partial charge in [0.25, 0.3) is 0 Å². The Bertz CT molecular complexity index is 1330. The summed E-state index contributed by atoms with van der Waals surface area (Å²) in [7, 11) is 0. The van der Waals surface area contributed by atoms with Gasteiger partial charge in [-0.25, -0.2) is 4.98 Å². The average molecular weight is 429 g/mol. The van der Waals surface area contributed by atoms with Crippen molar-refractivity contribution in [1.82, 2.24) is 4.98 Å². The number of allylic oxidation sites excluding steroid dienone is 2. The number of furan rings is 1. The summed E-state index contributed by atoms with van der Waals surface area (Å²) < 4.78 is 6.38. The first kappa shape index (κ1) is 20.2. The third-order valence-electron chi connectivity index (χ3n) is 6.34. The van der Waals surface area contributed by atoms with Crippen molar-refractivity contribution in [3.63, 3.8) is 0 Å². The Morgan fingerprint density at radius 1 is 0.903 bits per heavy atom. The number of pyridine rings is 1. The summed E-state index contributed by atoms with van der Waals surface area (Å²) >= 11 is 1.98. The minimum atomic E-state index is 0.184. The van der Waals surface area contributed by atoms with E-state index >= 15 is 0 Å². The van der Waals surface area contributed by atoms with E-state index in [9.17, 15) is 0 Å². The zero-order valence-corrected chi connectivity index (χ0v) is 19.8. The van der Waals surface area contributed by atoms with Crippen molar-refractivity contribution >= 4 is 39.5 Å². The van der Waals surface area contributed by atoms with Crippen molar-refractivity contribution in [3.8, 4) is 0 Å². The number of nitrogens with zero attached hydrogens (tertiary/aromatic N) is 2. The van der Waals surface area contributed by atoms with Crippen LogP contribution in [0.2, 0.25) is 0 Å². The summed E-state index contributed by atoms with van der Waals surface area (Å²) in [5.41, 5.74) is 9.37. The second kappa shape index (κ2) is 7.45. The molecule has 3 heterocycles. The summed E-state index contributed by atoms with van der Waals surface area (Å²) in [5, 5.41) is 2.38. The smallest absolute Gasteiger partial charge is 0.227 e. The van der Waals surface area contributed by atoms with Crippen LogP contribution >= 0.6 is 11.8 Å². The minimum absolute atomic E-state index is 0.184. The molecule has 3 nitrogen and oxygen atoms in total. The van der Waals surface area contributed by atoms with Gasteiger partial charge in [0, 0.05) is 27.6 Å². The van der Waals surface area contributed by atoms with Crippen LogP contribution in [0.3, 0.4) is 0 Å². The maximum Gasteiger partial charge on any atom is 0.227 e. The van der Waals surface area contributed by atoms with Crippen LogP contribution < -0.4 is 4.90 Å². The Labute approximate surface area is 188 Å². The molecule has 1 aliphatic rings. The first-order chi connectivity index (χ1) is 14.9. The minimum Gasteiger partial charge on any atom is -0.435 e. The highest BCUT2D eigenvalue weighted by Gasteiger charge is 2.37. The quantitative estimate of drug-likeness (QED) is 0.330. The fraction of sp³-hybridized carbons (Fsp3) is 0.296. The molecule has 0 N–H and O–H groups in total. The highest BCUT2D eigenvalue weighted by Crippen LogP contribution is 2.55. The molecule has 4 heteroatoms. The van der Waals surface area contributed by atoms with E-state index in [1.165, 1.54) is 32.9 Å². The van der Waals surface area contributed by atoms with Crippen molar-refractivity contribution in [2.45, 2.75) is 46.9 Å². The number of benzene rings is 2. The van der Waals surface area contributed by atoms with Gasteiger partial charge < -0.3 is 9.32 Å². The van der Waals surface area contributed by atoms with Gasteiger partial charge in [-0.05, 0) is 68.0 Å². The predicted octanol–water partition coefficient (Wildman–Crippen LogP) is 8.05. The van der Waals surface area contributed by atoms with Gasteiger partial charge in [0.1, 0.15) is 5.37 Å². The van der Waals surface area contributed by atoms with E-state index in [-0.39, 0.29) is 5.37 Å². The van der Waals surface area contributed by atoms with Gasteiger partial charge in [0.15, 0.2) is 5.58 Å². The number of hydrogen-bond donors (Lipinski definition) is 0. The zero-order valence-electron chi connectivity index (χ0n) is 19.0. The molecular formula is C27H28N2OS. The largest absolute Gasteiger partial charge is 0.435 e. The predicted molar refractivity (Wildman–Crippen MR) is 133 cm³/mol. The molecule has 0 fully saturated rings. The summed E-state index contributed by atoms with van der Waals surface area (Å²) in [6, 6.07) is 15.1. The molecule has 2 aromatic heterocycles. The Hall–Kier alpha value is -2.72. The van der Waals surface area contributed by atoms with Crippen LogP contribution in [-0.4, -0.2) is 4.98 Å². The van der Waals surface area contributed by atoms with Crippen molar-refractivity contribution in [1.29, 1.82) is 0 Å². The number of aromatic nitrogens is 1. The van der Waals surface area contributed by atoms with Crippen LogP contribution in [0.25, 0.3) is 22.1 Å². The van der Waals surface area contributed by atoms with E-state index in [0.717, 1.165) is 22.0 Å². The Morgan fingerprint density at radius 3 is 2.35 bits per heavy atom. The molecule has 1 atom stereocenters. The monoisotopic (exact) mass is 428 g/mol. The normalized spacial score (nSPS) is 17.0. The summed E-state index contributed by atoms with van der Waals surface area (Å²) in [6.45, 7) is 13.5. The standard InChI is InChI=1S/C27H28N2OS/c1-15(2)25-19(6)29(27(31-25)22-16(3)9-7-10-17(22)4)23-18(5)12-13-20-21-11-8-14-28-26(21)30-24(20)23/h7-15,27H,1-6H3. The van der Waals surface area contributed by atoms with Crippen LogP contribution in [0.15, 0.2) is 63.7 Å². The molecule has 0 radical (unpaired) electrons. The maximum absolute atomic E-state index is 6.38. The highest BCUT2D eigenvalue weighted by atomic mass is 32.2. The average Bonchev–Trinajstić information content (AvgIpc) is 3.26. The van der Waals surface area contributed by atoms with Crippen LogP contribution in [0.5, 0.6) is 0 Å². The first-order valence-corrected chi connectivity index (χ1v) is 11.8. The number of hydrogen-bond acceptors (Lipinski definition) is 4. The van der Waals surface area contributed by atoms with E-state index < -0.39 is 0 Å². The summed E-state index contributed by atoms with van der Waals surface area (Å²) in [4.78, 5) is 8.43. The topological polar surface area (TPSA) is 29.3 Å². The fourth-order valence-electron chi connectivity index (χ4n) is 4.85. The number of aryl methyl sites for hydroxylation is 3. The molecule has 1 aliphatic heterocycles. The zero-order chi connectivity index (χ0) is 21.9. The molecule has 5 rings (SSSR count). The lowest BCUT2D eigenvalue weighted by atomic mass is 10.0. The number of fused-ring (bicyclic) bond motifs is 3. The van der Waals surface area contributed by atoms with Crippen LogP contribution in [0.1, 0.15) is 48.4 Å². The van der Waals surface area contributed by atoms with E-state index in [1.54, 1.807) is 6.20 Å². The Morgan fingerprint density at radius 2 is 1.65 bits per heavy atom. The molecule has 31 heavy (non-hydrogen) atoms. The molecule has 158 valence electrons. The maximum atomic E-state index is 6.38. The second-order valence-corrected chi connectivity index (χ2v) is 9.94. The lowest BCUT2D eigenvalue weighted by molar-refractivity contribution is 0.651. The fourth-order valence-corrected chi connectivity index (χ4v) is 6.49. The third kappa shape index (κ3) is 3.08. The van der Waals surface area contributed by atoms with Gasteiger partial charge in [-0.3, -0.25) is 0 Å². The molecule has 0 spiro atoms. The summed E-state index contributed by atoms with van der Waals surface area (Å²) in [5.74, 6) is 0.471. The van der Waals surface area contributed by atoms with Crippen molar-refractivity contribution < 1.29 is 4.42 Å². The molecule has 0 saturated carbocycles. The first-order valence-electron chi connectivity index (χ1n) is 10.9. The van der Waals surface area contributed by atoms with Gasteiger partial charge in [-0.1, -0.05) is 55.9 Å². The van der Waals surface area contributed by atoms with E-state index in [1.807, 2.05) is 17.8 Å². The van der Waals surface area contributed by atoms with Crippen LogP contribution in [0.4, 0.5) is 5.69 Å². The molecule has 0 aliphatic carbocycles. The van der Waals surface area contributed by atoms with Gasteiger partial charge in [-0.2, -0.15) is 0 Å². The molecular weight excluding hydrogens is 400 g/mol. The molecule has 2 aromatic carbocycles. The van der Waals surface area contributed by atoms with Crippen LogP contribution in [0, 0.1) is 26.7 Å². The van der Waals surface area contributed by atoms with E-state index in [0.29, 0.717) is 11.6 Å². The van der Waals surface area contributed by atoms with Gasteiger partial charge >= 0.3 is 0 Å². The molecule has 0 saturated heterocycles. The van der Waals surface area contributed by atoms with Crippen molar-refractivity contribution in [2.24, 2.45) is 5.92 Å². The van der Waals surface area contributed by atoms with E-state index in [4.69, 9.17) is 4.42 Å². The number of rotatable bonds is 3. The van der Waals surface area contributed by atoms with Crippen LogP contribution in [-0.2, 0) is 0 Å². The van der Waals surface area contributed by atoms with Gasteiger partial charge in [0.05, 0.1) is 5.69 Å². The number of anilines is 1. The summed E-state index contributed by atoms with van der Waals surface area (Å²) in [6.07, 6.45) is 1.80. The van der Waals surface area contributed by atoms with Crippen molar-refractivity contribution in [3.05, 3.63) is 81.5 Å². The lowest BCUT2D eigenvalue weighted by Crippen LogP contribution is -2.23. The lowest BCUT2D eigenvalue weighted by Gasteiger charge is -2.31. The molecule has 1 unspecified atom stereocenters. The molecule has 0 amide bonds. The number of thioether (sulfide) groups is 1. The Kier molecular flexibility index (Phi) is 4.86. The Balaban J connectivity index is 1.82. The molecule has 0 bridgehead atoms. The van der Waals surface area contributed by atoms with Crippen molar-refractivity contribution in [2.75, 3.05) is 4.90 Å². The second-order valence-electron chi connectivity index (χ2n) is 8.82. The SMILES string of the molecule is CC1=C(C(C)C)SC(c2c(C)cccc2C)N1c1c(C)ccc2c1oc1ncccc12. The van der Waals surface area contributed by atoms with Gasteiger partial charge in [-0.15, -0.1) is 0 Å². The van der Waals surface area contributed by atoms with E-state index in [2.05, 4.69) is 87.8 Å². The third-order valence-corrected chi connectivity index (χ3v) is 8.03.